The van der Waals surface area contributed by atoms with Crippen LogP contribution in [0.5, 0.6) is 11.5 Å². The summed E-state index contributed by atoms with van der Waals surface area (Å²) < 4.78 is 10.2. The van der Waals surface area contributed by atoms with Crippen LogP contribution in [0.2, 0.25) is 0 Å². The molecule has 0 radical (unpaired) electrons. The highest BCUT2D eigenvalue weighted by Crippen LogP contribution is 2.35. The van der Waals surface area contributed by atoms with Gasteiger partial charge in [-0.05, 0) is 24.3 Å². The van der Waals surface area contributed by atoms with Gasteiger partial charge < -0.3 is 25.2 Å². The number of aliphatic carboxylic acids is 1. The molecule has 11 heteroatoms. The number of hydrogen-bond donors (Lipinski definition) is 3. The number of carboxylic acid groups (broad SMARTS) is 1. The number of benzene rings is 2. The third kappa shape index (κ3) is 6.03. The summed E-state index contributed by atoms with van der Waals surface area (Å²) in [4.78, 5) is 46.6. The van der Waals surface area contributed by atoms with E-state index in [1.165, 1.54) is 32.4 Å². The molecule has 0 aliphatic carbocycles. The van der Waals surface area contributed by atoms with E-state index in [-0.39, 0.29) is 22.6 Å². The quantitative estimate of drug-likeness (QED) is 0.308. The van der Waals surface area contributed by atoms with Crippen molar-refractivity contribution in [3.63, 3.8) is 0 Å². The summed E-state index contributed by atoms with van der Waals surface area (Å²) in [6, 6.07) is 10.3. The SMILES string of the molecule is COc1cc(C=C(NC(=O)c2ccccc2)C(=O)NCC(=O)O)c([N+](=O)[O-])cc1OC. The van der Waals surface area contributed by atoms with Gasteiger partial charge in [-0.15, -0.1) is 0 Å². The lowest BCUT2D eigenvalue weighted by molar-refractivity contribution is -0.385. The molecule has 0 atom stereocenters. The average Bonchev–Trinajstić information content (AvgIpc) is 2.76. The van der Waals surface area contributed by atoms with Crippen LogP contribution in [0.1, 0.15) is 15.9 Å². The van der Waals surface area contributed by atoms with Gasteiger partial charge in [0.15, 0.2) is 11.5 Å². The molecule has 2 rings (SSSR count). The van der Waals surface area contributed by atoms with Crippen molar-refractivity contribution in [1.29, 1.82) is 0 Å². The highest BCUT2D eigenvalue weighted by atomic mass is 16.6. The second-order valence-electron chi connectivity index (χ2n) is 5.98. The molecule has 0 heterocycles. The van der Waals surface area contributed by atoms with Crippen LogP contribution in [-0.4, -0.2) is 48.6 Å². The summed E-state index contributed by atoms with van der Waals surface area (Å²) in [7, 11) is 2.64. The number of carbonyl (C=O) groups is 3. The number of ether oxygens (including phenoxy) is 2. The van der Waals surface area contributed by atoms with Crippen molar-refractivity contribution in [3.8, 4) is 11.5 Å². The number of hydrogen-bond acceptors (Lipinski definition) is 7. The fourth-order valence-corrected chi connectivity index (χ4v) is 2.51. The summed E-state index contributed by atoms with van der Waals surface area (Å²) in [6.45, 7) is -0.717. The smallest absolute Gasteiger partial charge is 0.322 e. The van der Waals surface area contributed by atoms with Crippen molar-refractivity contribution in [2.45, 2.75) is 0 Å². The van der Waals surface area contributed by atoms with E-state index < -0.39 is 40.6 Å². The molecule has 2 aromatic rings. The van der Waals surface area contributed by atoms with E-state index in [0.29, 0.717) is 0 Å². The Bertz CT molecular complexity index is 1030. The third-order valence-corrected chi connectivity index (χ3v) is 3.96. The fourth-order valence-electron chi connectivity index (χ4n) is 2.51. The van der Waals surface area contributed by atoms with Gasteiger partial charge >= 0.3 is 5.97 Å². The van der Waals surface area contributed by atoms with Gasteiger partial charge in [0.25, 0.3) is 17.5 Å². The Kier molecular flexibility index (Phi) is 7.67. The first-order valence-electron chi connectivity index (χ1n) is 8.75. The number of methoxy groups -OCH3 is 2. The number of amides is 2. The minimum absolute atomic E-state index is 0.0727. The lowest BCUT2D eigenvalue weighted by atomic mass is 10.1. The first kappa shape index (κ1) is 22.9. The van der Waals surface area contributed by atoms with Crippen LogP contribution in [0.25, 0.3) is 6.08 Å². The first-order chi connectivity index (χ1) is 14.8. The highest BCUT2D eigenvalue weighted by Gasteiger charge is 2.22. The van der Waals surface area contributed by atoms with Crippen LogP contribution < -0.4 is 20.1 Å². The fraction of sp³-hybridized carbons (Fsp3) is 0.150. The Morgan fingerprint density at radius 3 is 2.26 bits per heavy atom. The third-order valence-electron chi connectivity index (χ3n) is 3.96. The zero-order valence-electron chi connectivity index (χ0n) is 16.6. The van der Waals surface area contributed by atoms with Crippen molar-refractivity contribution < 1.29 is 33.9 Å². The molecule has 3 N–H and O–H groups in total. The number of carbonyl (C=O) groups excluding carboxylic acids is 2. The lowest BCUT2D eigenvalue weighted by Crippen LogP contribution is -2.37. The molecule has 0 aliphatic rings. The zero-order valence-corrected chi connectivity index (χ0v) is 16.6. The van der Waals surface area contributed by atoms with E-state index in [9.17, 15) is 24.5 Å². The summed E-state index contributed by atoms with van der Waals surface area (Å²) in [5.41, 5.74) is -0.668. The molecule has 0 spiro atoms. The van der Waals surface area contributed by atoms with Gasteiger partial charge in [0, 0.05) is 5.56 Å². The Labute approximate surface area is 176 Å². The Hall–Kier alpha value is -4.41. The minimum atomic E-state index is -1.31. The number of nitrogens with one attached hydrogen (secondary N) is 2. The highest BCUT2D eigenvalue weighted by molar-refractivity contribution is 6.06. The number of rotatable bonds is 9. The predicted molar refractivity (Wildman–Crippen MR) is 109 cm³/mol. The van der Waals surface area contributed by atoms with Gasteiger partial charge in [-0.3, -0.25) is 24.5 Å². The van der Waals surface area contributed by atoms with Crippen molar-refractivity contribution in [3.05, 3.63) is 69.4 Å². The molecule has 2 aromatic carbocycles. The van der Waals surface area contributed by atoms with E-state index in [2.05, 4.69) is 10.6 Å². The maximum atomic E-state index is 12.5. The number of nitrogens with zero attached hydrogens (tertiary/aromatic N) is 1. The van der Waals surface area contributed by atoms with Crippen LogP contribution in [-0.2, 0) is 9.59 Å². The largest absolute Gasteiger partial charge is 0.493 e. The monoisotopic (exact) mass is 429 g/mol. The van der Waals surface area contributed by atoms with Gasteiger partial charge in [-0.25, -0.2) is 0 Å². The van der Waals surface area contributed by atoms with Gasteiger partial charge in [0.2, 0.25) is 0 Å². The maximum Gasteiger partial charge on any atom is 0.322 e. The van der Waals surface area contributed by atoms with Crippen LogP contribution in [0, 0.1) is 10.1 Å². The van der Waals surface area contributed by atoms with E-state index in [0.717, 1.165) is 12.1 Å². The second kappa shape index (κ2) is 10.4. The van der Waals surface area contributed by atoms with Crippen LogP contribution in [0.3, 0.4) is 0 Å². The number of carboxylic acids is 1. The van der Waals surface area contributed by atoms with Crippen LogP contribution in [0.4, 0.5) is 5.69 Å². The molecule has 0 saturated heterocycles. The van der Waals surface area contributed by atoms with E-state index in [1.807, 2.05) is 0 Å². The average molecular weight is 429 g/mol. The first-order valence-corrected chi connectivity index (χ1v) is 8.75. The van der Waals surface area contributed by atoms with Crippen LogP contribution in [0.15, 0.2) is 48.2 Å². The Morgan fingerprint density at radius 1 is 1.10 bits per heavy atom. The molecular weight excluding hydrogens is 410 g/mol. The standard InChI is InChI=1S/C20H19N3O8/c1-30-16-9-13(15(23(28)29)10-17(16)31-2)8-14(20(27)21-11-18(24)25)22-19(26)12-6-4-3-5-7-12/h3-10H,11H2,1-2H3,(H,21,27)(H,22,26)(H,24,25). The number of nitro benzene ring substituents is 1. The molecule has 162 valence electrons. The summed E-state index contributed by atoms with van der Waals surface area (Å²) in [6.07, 6.45) is 1.05. The molecule has 0 bridgehead atoms. The predicted octanol–water partition coefficient (Wildman–Crippen LogP) is 1.58. The van der Waals surface area contributed by atoms with Crippen molar-refractivity contribution in [2.24, 2.45) is 0 Å². The summed E-state index contributed by atoms with van der Waals surface area (Å²) >= 11 is 0. The molecule has 11 nitrogen and oxygen atoms in total. The van der Waals surface area contributed by atoms with Crippen molar-refractivity contribution >= 4 is 29.5 Å². The second-order valence-corrected chi connectivity index (χ2v) is 5.98. The van der Waals surface area contributed by atoms with Crippen molar-refractivity contribution in [2.75, 3.05) is 20.8 Å². The summed E-state index contributed by atoms with van der Waals surface area (Å²) in [5.74, 6) is -2.68. The maximum absolute atomic E-state index is 12.5. The van der Waals surface area contributed by atoms with Gasteiger partial charge in [-0.1, -0.05) is 18.2 Å². The van der Waals surface area contributed by atoms with Gasteiger partial charge in [-0.2, -0.15) is 0 Å². The molecular formula is C20H19N3O8. The molecule has 0 aromatic heterocycles. The molecule has 0 fully saturated rings. The molecule has 0 unspecified atom stereocenters. The topological polar surface area (TPSA) is 157 Å². The summed E-state index contributed by atoms with van der Waals surface area (Å²) in [5, 5.41) is 24.8. The van der Waals surface area contributed by atoms with Gasteiger partial charge in [0.1, 0.15) is 12.2 Å². The normalized spacial score (nSPS) is 10.7. The molecule has 0 saturated carbocycles. The zero-order chi connectivity index (χ0) is 23.0. The lowest BCUT2D eigenvalue weighted by Gasteiger charge is -2.12. The van der Waals surface area contributed by atoms with Gasteiger partial charge in [0.05, 0.1) is 30.8 Å². The molecule has 31 heavy (non-hydrogen) atoms. The minimum Gasteiger partial charge on any atom is -0.493 e. The van der Waals surface area contributed by atoms with E-state index in [4.69, 9.17) is 14.6 Å². The van der Waals surface area contributed by atoms with Crippen molar-refractivity contribution in [1.82, 2.24) is 10.6 Å². The molecule has 0 aliphatic heterocycles. The Morgan fingerprint density at radius 2 is 1.71 bits per heavy atom. The molecule has 2 amide bonds. The van der Waals surface area contributed by atoms with E-state index in [1.54, 1.807) is 18.2 Å². The number of nitro groups is 1. The van der Waals surface area contributed by atoms with E-state index >= 15 is 0 Å². The Balaban J connectivity index is 2.54. The van der Waals surface area contributed by atoms with Crippen LogP contribution >= 0.6 is 0 Å².